The summed E-state index contributed by atoms with van der Waals surface area (Å²) in [6.45, 7) is 2.86. The number of rotatable bonds is 10. The number of sulfonamides is 1. The molecular formula is C26H34N6O6S. The number of ether oxygens (including phenoxy) is 1. The fourth-order valence-corrected chi connectivity index (χ4v) is 5.76. The first-order valence-corrected chi connectivity index (χ1v) is 14.3. The number of methoxy groups -OCH3 is 1. The van der Waals surface area contributed by atoms with E-state index in [1.54, 1.807) is 24.3 Å². The number of carboxylic acids is 1. The summed E-state index contributed by atoms with van der Waals surface area (Å²) in [6.07, 6.45) is 3.02. The van der Waals surface area contributed by atoms with Gasteiger partial charge in [0.2, 0.25) is 10.0 Å². The molecule has 12 nitrogen and oxygen atoms in total. The maximum atomic E-state index is 12.9. The summed E-state index contributed by atoms with van der Waals surface area (Å²) in [5.41, 5.74) is 1.11. The highest BCUT2D eigenvalue weighted by Gasteiger charge is 2.27. The number of guanidine groups is 1. The molecule has 0 aromatic heterocycles. The summed E-state index contributed by atoms with van der Waals surface area (Å²) in [7, 11) is -2.56. The normalized spacial score (nSPS) is 18.3. The Balaban J connectivity index is 1.39. The number of carbonyl (C=O) groups is 2. The monoisotopic (exact) mass is 558 g/mol. The zero-order valence-electron chi connectivity index (χ0n) is 21.7. The SMILES string of the molecule is COc1cc(C(=O)NC[C@H](NS(=O)(=O)c2ccccc2)C(=O)O)ccc1N1CCC[C@@H](NC2=NCCCN2)C1. The Labute approximate surface area is 227 Å². The van der Waals surface area contributed by atoms with Crippen LogP contribution >= 0.6 is 0 Å². The van der Waals surface area contributed by atoms with Crippen molar-refractivity contribution in [1.82, 2.24) is 20.7 Å². The molecule has 2 atom stereocenters. The van der Waals surface area contributed by atoms with Crippen molar-refractivity contribution in [3.8, 4) is 5.75 Å². The summed E-state index contributed by atoms with van der Waals surface area (Å²) in [5.74, 6) is -0.622. The molecule has 0 unspecified atom stereocenters. The number of aliphatic carboxylic acids is 1. The van der Waals surface area contributed by atoms with Crippen LogP contribution in [0.1, 0.15) is 29.6 Å². The van der Waals surface area contributed by atoms with Gasteiger partial charge in [-0.1, -0.05) is 18.2 Å². The number of amides is 1. The fraction of sp³-hybridized carbons (Fsp3) is 0.423. The molecular weight excluding hydrogens is 524 g/mol. The van der Waals surface area contributed by atoms with Gasteiger partial charge in [-0.2, -0.15) is 4.72 Å². The molecule has 0 aliphatic carbocycles. The van der Waals surface area contributed by atoms with Gasteiger partial charge in [0.25, 0.3) is 5.91 Å². The van der Waals surface area contributed by atoms with Gasteiger partial charge in [0, 0.05) is 44.3 Å². The first-order chi connectivity index (χ1) is 18.8. The van der Waals surface area contributed by atoms with E-state index in [2.05, 4.69) is 30.6 Å². The Bertz CT molecular complexity index is 1300. The van der Waals surface area contributed by atoms with E-state index in [4.69, 9.17) is 4.74 Å². The smallest absolute Gasteiger partial charge is 0.323 e. The number of benzene rings is 2. The van der Waals surface area contributed by atoms with Crippen molar-refractivity contribution in [1.29, 1.82) is 0 Å². The first-order valence-electron chi connectivity index (χ1n) is 12.8. The third-order valence-electron chi connectivity index (χ3n) is 6.56. The largest absolute Gasteiger partial charge is 0.495 e. The fourth-order valence-electron chi connectivity index (χ4n) is 4.55. The Kier molecular flexibility index (Phi) is 9.25. The van der Waals surface area contributed by atoms with Gasteiger partial charge in [0.15, 0.2) is 5.96 Å². The Morgan fingerprint density at radius 2 is 2.00 bits per heavy atom. The van der Waals surface area contributed by atoms with Gasteiger partial charge in [-0.3, -0.25) is 14.6 Å². The number of hydrogen-bond donors (Lipinski definition) is 5. The molecule has 39 heavy (non-hydrogen) atoms. The Morgan fingerprint density at radius 1 is 1.21 bits per heavy atom. The third kappa shape index (κ3) is 7.39. The van der Waals surface area contributed by atoms with Gasteiger partial charge >= 0.3 is 5.97 Å². The van der Waals surface area contributed by atoms with Crippen LogP contribution < -0.4 is 30.3 Å². The molecule has 2 aromatic rings. The number of hydrogen-bond acceptors (Lipinski definition) is 9. The molecule has 1 saturated heterocycles. The number of carbonyl (C=O) groups excluding carboxylic acids is 1. The summed E-state index contributed by atoms with van der Waals surface area (Å²) in [5, 5.41) is 18.8. The molecule has 2 aromatic carbocycles. The van der Waals surface area contributed by atoms with Crippen LogP contribution in [0.3, 0.4) is 0 Å². The second-order valence-corrected chi connectivity index (χ2v) is 11.1. The molecule has 5 N–H and O–H groups in total. The van der Waals surface area contributed by atoms with E-state index in [1.807, 2.05) is 0 Å². The van der Waals surface area contributed by atoms with Crippen LogP contribution in [-0.2, 0) is 14.8 Å². The average Bonchev–Trinajstić information content (AvgIpc) is 2.95. The van der Waals surface area contributed by atoms with Crippen molar-refractivity contribution in [3.05, 3.63) is 54.1 Å². The molecule has 2 heterocycles. The van der Waals surface area contributed by atoms with Crippen LogP contribution in [0.15, 0.2) is 58.4 Å². The molecule has 4 rings (SSSR count). The lowest BCUT2D eigenvalue weighted by Gasteiger charge is -2.36. The van der Waals surface area contributed by atoms with E-state index in [0.29, 0.717) is 5.75 Å². The minimum atomic E-state index is -4.08. The Morgan fingerprint density at radius 3 is 2.69 bits per heavy atom. The molecule has 0 spiro atoms. The van der Waals surface area contributed by atoms with Crippen molar-refractivity contribution in [2.24, 2.45) is 4.99 Å². The van der Waals surface area contributed by atoms with Crippen LogP contribution in [0.4, 0.5) is 5.69 Å². The number of anilines is 1. The minimum Gasteiger partial charge on any atom is -0.495 e. The third-order valence-corrected chi connectivity index (χ3v) is 8.05. The van der Waals surface area contributed by atoms with Crippen molar-refractivity contribution >= 4 is 33.5 Å². The average molecular weight is 559 g/mol. The van der Waals surface area contributed by atoms with Crippen LogP contribution in [0.2, 0.25) is 0 Å². The topological polar surface area (TPSA) is 161 Å². The Hall–Kier alpha value is -3.84. The highest BCUT2D eigenvalue weighted by molar-refractivity contribution is 7.89. The molecule has 210 valence electrons. The maximum Gasteiger partial charge on any atom is 0.323 e. The number of nitrogens with zero attached hydrogens (tertiary/aromatic N) is 2. The number of carboxylic acid groups (broad SMARTS) is 1. The van der Waals surface area contributed by atoms with Crippen LogP contribution in [0.25, 0.3) is 0 Å². The van der Waals surface area contributed by atoms with Gasteiger partial charge < -0.3 is 30.7 Å². The van der Waals surface area contributed by atoms with E-state index in [1.165, 1.54) is 31.4 Å². The van der Waals surface area contributed by atoms with E-state index in [0.717, 1.165) is 57.1 Å². The highest BCUT2D eigenvalue weighted by atomic mass is 32.2. The van der Waals surface area contributed by atoms with Gasteiger partial charge in [0.1, 0.15) is 11.8 Å². The van der Waals surface area contributed by atoms with Gasteiger partial charge in [0.05, 0.1) is 17.7 Å². The first kappa shape index (κ1) is 28.2. The lowest BCUT2D eigenvalue weighted by Crippen LogP contribution is -2.52. The second-order valence-electron chi connectivity index (χ2n) is 9.36. The van der Waals surface area contributed by atoms with Gasteiger partial charge in [-0.05, 0) is 49.6 Å². The summed E-state index contributed by atoms with van der Waals surface area (Å²) in [4.78, 5) is 31.2. The van der Waals surface area contributed by atoms with Crippen molar-refractivity contribution in [2.75, 3.05) is 44.7 Å². The molecule has 0 saturated carbocycles. The predicted octanol–water partition coefficient (Wildman–Crippen LogP) is 0.764. The lowest BCUT2D eigenvalue weighted by atomic mass is 10.0. The highest BCUT2D eigenvalue weighted by Crippen LogP contribution is 2.31. The standard InChI is InChI=1S/C26H34N6O6S/c1-38-23-15-18(10-11-22(23)32-14-5-7-19(17-32)30-26-27-12-6-13-28-26)24(33)29-16-21(25(34)35)31-39(36,37)20-8-3-2-4-9-20/h2-4,8-11,15,19,21,31H,5-7,12-14,16-17H2,1H3,(H,29,33)(H,34,35)(H2,27,28,30)/t19-,21+/m1/s1. The summed E-state index contributed by atoms with van der Waals surface area (Å²) < 4.78 is 32.8. The van der Waals surface area contributed by atoms with Crippen LogP contribution in [0, 0.1) is 0 Å². The molecule has 13 heteroatoms. The van der Waals surface area contributed by atoms with E-state index < -0.39 is 34.5 Å². The van der Waals surface area contributed by atoms with E-state index >= 15 is 0 Å². The molecule has 2 aliphatic rings. The zero-order chi connectivity index (χ0) is 27.8. The van der Waals surface area contributed by atoms with Crippen molar-refractivity contribution in [3.63, 3.8) is 0 Å². The van der Waals surface area contributed by atoms with Gasteiger partial charge in [-0.15, -0.1) is 0 Å². The van der Waals surface area contributed by atoms with Crippen LogP contribution in [0.5, 0.6) is 5.75 Å². The van der Waals surface area contributed by atoms with Crippen molar-refractivity contribution in [2.45, 2.75) is 36.2 Å². The van der Waals surface area contributed by atoms with E-state index in [9.17, 15) is 23.1 Å². The molecule has 1 fully saturated rings. The summed E-state index contributed by atoms with van der Waals surface area (Å²) >= 11 is 0. The van der Waals surface area contributed by atoms with Crippen molar-refractivity contribution < 1.29 is 27.9 Å². The molecule has 0 radical (unpaired) electrons. The summed E-state index contributed by atoms with van der Waals surface area (Å²) in [6, 6.07) is 11.1. The molecule has 0 bridgehead atoms. The quantitative estimate of drug-likeness (QED) is 0.284. The second kappa shape index (κ2) is 12.8. The molecule has 2 aliphatic heterocycles. The zero-order valence-corrected chi connectivity index (χ0v) is 22.5. The maximum absolute atomic E-state index is 12.9. The number of nitrogens with one attached hydrogen (secondary N) is 4. The minimum absolute atomic E-state index is 0.0685. The number of piperidine rings is 1. The predicted molar refractivity (Wildman–Crippen MR) is 147 cm³/mol. The molecule has 1 amide bonds. The van der Waals surface area contributed by atoms with E-state index in [-0.39, 0.29) is 16.5 Å². The lowest BCUT2D eigenvalue weighted by molar-refractivity contribution is -0.138. The van der Waals surface area contributed by atoms with Crippen LogP contribution in [-0.4, -0.2) is 83.3 Å². The van der Waals surface area contributed by atoms with Gasteiger partial charge in [-0.25, -0.2) is 8.42 Å². The number of aliphatic imine (C=N–C) groups is 1.